The van der Waals surface area contributed by atoms with E-state index < -0.39 is 0 Å². The number of carbonyl (C=O) groups excluding carboxylic acids is 1. The second-order valence-electron chi connectivity index (χ2n) is 5.94. The van der Waals surface area contributed by atoms with E-state index in [-0.39, 0.29) is 5.92 Å². The summed E-state index contributed by atoms with van der Waals surface area (Å²) in [7, 11) is 0. The van der Waals surface area contributed by atoms with Crippen molar-refractivity contribution in [1.29, 1.82) is 0 Å². The molecular weight excluding hydrogens is 266 g/mol. The van der Waals surface area contributed by atoms with Crippen molar-refractivity contribution in [3.8, 4) is 0 Å². The standard InChI is InChI=1S/C15H23N5O/c1-12-11-13(3-6-16-12)14(21)19-7-9-20(10-8-19)15-17-4-2-5-18-15/h2,4-5,12-13,16H,3,6-11H2,1H3/t12-,13-/m0/s1. The number of anilines is 1. The highest BCUT2D eigenvalue weighted by Crippen LogP contribution is 2.20. The van der Waals surface area contributed by atoms with Crippen LogP contribution in [-0.4, -0.2) is 59.5 Å². The van der Waals surface area contributed by atoms with Gasteiger partial charge in [0.2, 0.25) is 11.9 Å². The van der Waals surface area contributed by atoms with E-state index in [1.807, 2.05) is 11.0 Å². The molecule has 1 aromatic heterocycles. The molecular formula is C15H23N5O. The average molecular weight is 289 g/mol. The molecule has 21 heavy (non-hydrogen) atoms. The monoisotopic (exact) mass is 289 g/mol. The Labute approximate surface area is 125 Å². The van der Waals surface area contributed by atoms with Crippen LogP contribution < -0.4 is 10.2 Å². The summed E-state index contributed by atoms with van der Waals surface area (Å²) in [5.41, 5.74) is 0. The third-order valence-corrected chi connectivity index (χ3v) is 4.40. The van der Waals surface area contributed by atoms with Crippen LogP contribution >= 0.6 is 0 Å². The van der Waals surface area contributed by atoms with Gasteiger partial charge in [-0.1, -0.05) is 0 Å². The summed E-state index contributed by atoms with van der Waals surface area (Å²) in [4.78, 5) is 25.3. The number of hydrogen-bond donors (Lipinski definition) is 1. The van der Waals surface area contributed by atoms with Crippen molar-refractivity contribution in [3.05, 3.63) is 18.5 Å². The van der Waals surface area contributed by atoms with Gasteiger partial charge in [-0.2, -0.15) is 0 Å². The largest absolute Gasteiger partial charge is 0.339 e. The minimum absolute atomic E-state index is 0.195. The molecule has 1 amide bonds. The molecule has 3 heterocycles. The Bertz CT molecular complexity index is 472. The number of rotatable bonds is 2. The van der Waals surface area contributed by atoms with Crippen LogP contribution in [0.1, 0.15) is 19.8 Å². The van der Waals surface area contributed by atoms with Gasteiger partial charge in [-0.05, 0) is 32.4 Å². The molecule has 2 saturated heterocycles. The molecule has 1 aromatic rings. The normalized spacial score (nSPS) is 26.7. The Morgan fingerprint density at radius 1 is 1.24 bits per heavy atom. The zero-order valence-electron chi connectivity index (χ0n) is 12.5. The number of nitrogens with zero attached hydrogens (tertiary/aromatic N) is 4. The van der Waals surface area contributed by atoms with Gasteiger partial charge in [0.1, 0.15) is 0 Å². The zero-order chi connectivity index (χ0) is 14.7. The van der Waals surface area contributed by atoms with E-state index in [4.69, 9.17) is 0 Å². The number of amides is 1. The molecule has 0 aliphatic carbocycles. The van der Waals surface area contributed by atoms with Crippen molar-refractivity contribution >= 4 is 11.9 Å². The van der Waals surface area contributed by atoms with E-state index in [9.17, 15) is 4.79 Å². The summed E-state index contributed by atoms with van der Waals surface area (Å²) in [5, 5.41) is 3.40. The van der Waals surface area contributed by atoms with Crippen LogP contribution in [0.2, 0.25) is 0 Å². The van der Waals surface area contributed by atoms with Crippen LogP contribution in [0.15, 0.2) is 18.5 Å². The maximum Gasteiger partial charge on any atom is 0.225 e. The smallest absolute Gasteiger partial charge is 0.225 e. The second kappa shape index (κ2) is 6.39. The molecule has 0 saturated carbocycles. The molecule has 6 heteroatoms. The molecule has 2 fully saturated rings. The Balaban J connectivity index is 1.54. The lowest BCUT2D eigenvalue weighted by atomic mass is 9.92. The minimum Gasteiger partial charge on any atom is -0.339 e. The van der Waals surface area contributed by atoms with Gasteiger partial charge in [0.25, 0.3) is 0 Å². The SMILES string of the molecule is C[C@H]1C[C@@H](C(=O)N2CCN(c3ncccn3)CC2)CCN1. The van der Waals surface area contributed by atoms with Crippen molar-refractivity contribution in [2.45, 2.75) is 25.8 Å². The predicted octanol–water partition coefficient (Wildman–Crippen LogP) is 0.513. The van der Waals surface area contributed by atoms with Gasteiger partial charge in [0.15, 0.2) is 0 Å². The van der Waals surface area contributed by atoms with Gasteiger partial charge in [-0.15, -0.1) is 0 Å². The van der Waals surface area contributed by atoms with E-state index in [0.717, 1.165) is 51.5 Å². The summed E-state index contributed by atoms with van der Waals surface area (Å²) in [6.07, 6.45) is 5.44. The Morgan fingerprint density at radius 3 is 2.62 bits per heavy atom. The molecule has 0 unspecified atom stereocenters. The number of piperazine rings is 1. The molecule has 2 aliphatic heterocycles. The highest BCUT2D eigenvalue weighted by molar-refractivity contribution is 5.79. The van der Waals surface area contributed by atoms with E-state index in [2.05, 4.69) is 27.1 Å². The van der Waals surface area contributed by atoms with Crippen LogP contribution in [0, 0.1) is 5.92 Å². The first-order valence-electron chi connectivity index (χ1n) is 7.78. The molecule has 6 nitrogen and oxygen atoms in total. The van der Waals surface area contributed by atoms with Crippen LogP contribution in [0.4, 0.5) is 5.95 Å². The average Bonchev–Trinajstić information content (AvgIpc) is 2.55. The zero-order valence-corrected chi connectivity index (χ0v) is 12.5. The van der Waals surface area contributed by atoms with Gasteiger partial charge in [0, 0.05) is 50.5 Å². The van der Waals surface area contributed by atoms with E-state index in [1.165, 1.54) is 0 Å². The Hall–Kier alpha value is -1.69. The van der Waals surface area contributed by atoms with Crippen LogP contribution in [0.3, 0.4) is 0 Å². The van der Waals surface area contributed by atoms with Gasteiger partial charge >= 0.3 is 0 Å². The molecule has 1 N–H and O–H groups in total. The van der Waals surface area contributed by atoms with Crippen molar-refractivity contribution in [2.24, 2.45) is 5.92 Å². The summed E-state index contributed by atoms with van der Waals surface area (Å²) in [6, 6.07) is 2.27. The summed E-state index contributed by atoms with van der Waals surface area (Å²) in [6.45, 7) is 6.29. The summed E-state index contributed by atoms with van der Waals surface area (Å²) in [5.74, 6) is 1.29. The minimum atomic E-state index is 0.195. The molecule has 3 rings (SSSR count). The third-order valence-electron chi connectivity index (χ3n) is 4.40. The van der Waals surface area contributed by atoms with Gasteiger partial charge in [0.05, 0.1) is 0 Å². The topological polar surface area (TPSA) is 61.4 Å². The molecule has 0 aromatic carbocycles. The molecule has 114 valence electrons. The van der Waals surface area contributed by atoms with Gasteiger partial charge < -0.3 is 15.1 Å². The maximum absolute atomic E-state index is 12.6. The van der Waals surface area contributed by atoms with Crippen molar-refractivity contribution in [3.63, 3.8) is 0 Å². The summed E-state index contributed by atoms with van der Waals surface area (Å²) < 4.78 is 0. The predicted molar refractivity (Wildman–Crippen MR) is 81.0 cm³/mol. The third kappa shape index (κ3) is 3.32. The number of piperidine rings is 1. The van der Waals surface area contributed by atoms with Crippen LogP contribution in [0.5, 0.6) is 0 Å². The fourth-order valence-electron chi connectivity index (χ4n) is 3.20. The van der Waals surface area contributed by atoms with Crippen molar-refractivity contribution < 1.29 is 4.79 Å². The van der Waals surface area contributed by atoms with Crippen LogP contribution in [-0.2, 0) is 4.79 Å². The molecule has 0 radical (unpaired) electrons. The Morgan fingerprint density at radius 2 is 1.95 bits per heavy atom. The molecule has 2 aliphatic rings. The van der Waals surface area contributed by atoms with Gasteiger partial charge in [-0.3, -0.25) is 4.79 Å². The second-order valence-corrected chi connectivity index (χ2v) is 5.94. The van der Waals surface area contributed by atoms with E-state index in [0.29, 0.717) is 11.9 Å². The number of nitrogens with one attached hydrogen (secondary N) is 1. The molecule has 0 spiro atoms. The molecule has 0 bridgehead atoms. The highest BCUT2D eigenvalue weighted by Gasteiger charge is 2.30. The van der Waals surface area contributed by atoms with E-state index in [1.54, 1.807) is 12.4 Å². The lowest BCUT2D eigenvalue weighted by Gasteiger charge is -2.38. The lowest BCUT2D eigenvalue weighted by molar-refractivity contribution is -0.137. The van der Waals surface area contributed by atoms with Crippen molar-refractivity contribution in [2.75, 3.05) is 37.6 Å². The first-order valence-corrected chi connectivity index (χ1v) is 7.78. The van der Waals surface area contributed by atoms with Crippen molar-refractivity contribution in [1.82, 2.24) is 20.2 Å². The maximum atomic E-state index is 12.6. The number of hydrogen-bond acceptors (Lipinski definition) is 5. The lowest BCUT2D eigenvalue weighted by Crippen LogP contribution is -2.52. The molecule has 2 atom stereocenters. The number of carbonyl (C=O) groups is 1. The van der Waals surface area contributed by atoms with Crippen LogP contribution in [0.25, 0.3) is 0 Å². The first-order chi connectivity index (χ1) is 10.2. The highest BCUT2D eigenvalue weighted by atomic mass is 16.2. The fraction of sp³-hybridized carbons (Fsp3) is 0.667. The fourth-order valence-corrected chi connectivity index (χ4v) is 3.20. The quantitative estimate of drug-likeness (QED) is 0.860. The summed E-state index contributed by atoms with van der Waals surface area (Å²) >= 11 is 0. The number of aromatic nitrogens is 2. The van der Waals surface area contributed by atoms with E-state index >= 15 is 0 Å². The first kappa shape index (κ1) is 14.3. The Kier molecular flexibility index (Phi) is 4.34. The van der Waals surface area contributed by atoms with Gasteiger partial charge in [-0.25, -0.2) is 9.97 Å².